The number of ether oxygens (including phenoxy) is 1. The minimum atomic E-state index is -0.476. The molecule has 4 nitrogen and oxygen atoms in total. The lowest BCUT2D eigenvalue weighted by molar-refractivity contribution is 0.0526. The topological polar surface area (TPSA) is 56.3 Å². The predicted octanol–water partition coefficient (Wildman–Crippen LogP) is 1.13. The van der Waals surface area contributed by atoms with Crippen LogP contribution in [0.5, 0.6) is 0 Å². The molecule has 1 aromatic heterocycles. The van der Waals surface area contributed by atoms with Gasteiger partial charge in [-0.2, -0.15) is 0 Å². The van der Waals surface area contributed by atoms with Crippen LogP contribution in [0.2, 0.25) is 0 Å². The smallest absolute Gasteiger partial charge is 0.367 e. The molecule has 0 bridgehead atoms. The second-order valence-electron chi connectivity index (χ2n) is 1.92. The van der Waals surface area contributed by atoms with E-state index in [-0.39, 0.29) is 10.7 Å². The molecule has 0 aliphatic heterocycles. The Balaban J connectivity index is 2.74. The maximum absolute atomic E-state index is 11.0. The monoisotopic (exact) mass is 185 g/mol. The van der Waals surface area contributed by atoms with Crippen LogP contribution in [-0.4, -0.2) is 23.8 Å². The van der Waals surface area contributed by atoms with Gasteiger partial charge < -0.3 is 4.74 Å². The van der Waals surface area contributed by atoms with Crippen molar-refractivity contribution in [3.8, 4) is 0 Å². The van der Waals surface area contributed by atoms with Gasteiger partial charge in [-0.1, -0.05) is 0 Å². The number of hydrogen-bond acceptors (Lipinski definition) is 5. The average molecular weight is 185 g/mol. The van der Waals surface area contributed by atoms with Gasteiger partial charge in [-0.15, -0.1) is 11.3 Å². The zero-order valence-corrected chi connectivity index (χ0v) is 7.26. The van der Waals surface area contributed by atoms with Crippen molar-refractivity contribution >= 4 is 23.6 Å². The third-order valence-electron chi connectivity index (χ3n) is 1.09. The fourth-order valence-electron chi connectivity index (χ4n) is 0.627. The number of aldehydes is 1. The molecule has 1 aromatic rings. The molecule has 1 heterocycles. The van der Waals surface area contributed by atoms with Crippen LogP contribution < -0.4 is 0 Å². The minimum Gasteiger partial charge on any atom is -0.461 e. The normalized spacial score (nSPS) is 9.42. The lowest BCUT2D eigenvalue weighted by Crippen LogP contribution is -2.03. The number of aromatic nitrogens is 1. The third-order valence-corrected chi connectivity index (χ3v) is 1.93. The van der Waals surface area contributed by atoms with Gasteiger partial charge in [-0.05, 0) is 6.92 Å². The summed E-state index contributed by atoms with van der Waals surface area (Å²) in [5.74, 6) is -0.476. The Kier molecular flexibility index (Phi) is 2.93. The van der Waals surface area contributed by atoms with Crippen LogP contribution in [-0.2, 0) is 4.74 Å². The number of thiazole rings is 1. The van der Waals surface area contributed by atoms with Gasteiger partial charge in [0.1, 0.15) is 5.69 Å². The fourth-order valence-corrected chi connectivity index (χ4v) is 1.28. The zero-order chi connectivity index (χ0) is 8.97. The molecule has 0 unspecified atom stereocenters. The van der Waals surface area contributed by atoms with Crippen LogP contribution >= 0.6 is 11.3 Å². The first-order valence-electron chi connectivity index (χ1n) is 3.35. The Morgan fingerprint density at radius 1 is 1.83 bits per heavy atom. The molecule has 0 spiro atoms. The van der Waals surface area contributed by atoms with Crippen molar-refractivity contribution in [2.75, 3.05) is 6.61 Å². The van der Waals surface area contributed by atoms with Gasteiger partial charge in [0.25, 0.3) is 0 Å². The molecular weight excluding hydrogens is 178 g/mol. The number of rotatable bonds is 3. The first-order chi connectivity index (χ1) is 5.77. The van der Waals surface area contributed by atoms with Crippen LogP contribution in [0.3, 0.4) is 0 Å². The van der Waals surface area contributed by atoms with E-state index in [9.17, 15) is 9.59 Å². The van der Waals surface area contributed by atoms with Crippen LogP contribution in [0.15, 0.2) is 5.38 Å². The Bertz CT molecular complexity index is 295. The Morgan fingerprint density at radius 3 is 3.08 bits per heavy atom. The van der Waals surface area contributed by atoms with E-state index in [2.05, 4.69) is 9.72 Å². The highest BCUT2D eigenvalue weighted by atomic mass is 32.1. The van der Waals surface area contributed by atoms with Gasteiger partial charge in [0.15, 0.2) is 6.29 Å². The van der Waals surface area contributed by atoms with Crippen molar-refractivity contribution in [2.24, 2.45) is 0 Å². The van der Waals surface area contributed by atoms with E-state index in [4.69, 9.17) is 0 Å². The molecule has 0 saturated carbocycles. The minimum absolute atomic E-state index is 0.221. The number of nitrogens with zero attached hydrogens (tertiary/aromatic N) is 1. The van der Waals surface area contributed by atoms with Crippen molar-refractivity contribution in [1.29, 1.82) is 0 Å². The fraction of sp³-hybridized carbons (Fsp3) is 0.286. The molecule has 1 rings (SSSR count). The summed E-state index contributed by atoms with van der Waals surface area (Å²) >= 11 is 1.11. The van der Waals surface area contributed by atoms with E-state index >= 15 is 0 Å². The second-order valence-corrected chi connectivity index (χ2v) is 2.77. The van der Waals surface area contributed by atoms with Crippen LogP contribution in [0.25, 0.3) is 0 Å². The molecule has 0 radical (unpaired) electrons. The zero-order valence-electron chi connectivity index (χ0n) is 6.44. The molecule has 12 heavy (non-hydrogen) atoms. The summed E-state index contributed by atoms with van der Waals surface area (Å²) < 4.78 is 4.68. The van der Waals surface area contributed by atoms with Crippen LogP contribution in [0, 0.1) is 0 Å². The standard InChI is InChI=1S/C7H7NO3S/c1-2-11-7(10)6-8-5(3-9)4-12-6/h3-4H,2H2,1H3. The third kappa shape index (κ3) is 1.88. The highest BCUT2D eigenvalue weighted by Gasteiger charge is 2.10. The number of esters is 1. The molecule has 0 saturated heterocycles. The molecule has 0 aromatic carbocycles. The lowest BCUT2D eigenvalue weighted by Gasteiger charge is -1.94. The van der Waals surface area contributed by atoms with Gasteiger partial charge in [0.05, 0.1) is 6.61 Å². The van der Waals surface area contributed by atoms with Crippen LogP contribution in [0.1, 0.15) is 27.2 Å². The molecule has 5 heteroatoms. The molecular formula is C7H7NO3S. The lowest BCUT2D eigenvalue weighted by atomic mass is 10.5. The summed E-state index contributed by atoms with van der Waals surface area (Å²) in [6.07, 6.45) is 0.596. The number of carbonyl (C=O) groups excluding carboxylic acids is 2. The quantitative estimate of drug-likeness (QED) is 0.523. The summed E-state index contributed by atoms with van der Waals surface area (Å²) in [6, 6.07) is 0. The van der Waals surface area contributed by atoms with Crippen LogP contribution in [0.4, 0.5) is 0 Å². The molecule has 0 atom stereocenters. The summed E-state index contributed by atoms with van der Waals surface area (Å²) in [5.41, 5.74) is 0.267. The largest absolute Gasteiger partial charge is 0.461 e. The van der Waals surface area contributed by atoms with Crippen molar-refractivity contribution in [2.45, 2.75) is 6.92 Å². The maximum Gasteiger partial charge on any atom is 0.367 e. The van der Waals surface area contributed by atoms with E-state index in [1.54, 1.807) is 6.92 Å². The summed E-state index contributed by atoms with van der Waals surface area (Å²) in [4.78, 5) is 24.9. The first kappa shape index (κ1) is 8.86. The molecule has 0 aliphatic rings. The van der Waals surface area contributed by atoms with Crippen molar-refractivity contribution in [3.63, 3.8) is 0 Å². The van der Waals surface area contributed by atoms with Gasteiger partial charge in [0, 0.05) is 5.38 Å². The van der Waals surface area contributed by atoms with Gasteiger partial charge in [0.2, 0.25) is 5.01 Å². The van der Waals surface area contributed by atoms with E-state index in [1.807, 2.05) is 0 Å². The number of carbonyl (C=O) groups is 2. The number of hydrogen-bond donors (Lipinski definition) is 0. The van der Waals surface area contributed by atoms with E-state index in [0.717, 1.165) is 11.3 Å². The van der Waals surface area contributed by atoms with Gasteiger partial charge in [-0.3, -0.25) is 4.79 Å². The highest BCUT2D eigenvalue weighted by Crippen LogP contribution is 2.09. The molecule has 64 valence electrons. The predicted molar refractivity (Wildman–Crippen MR) is 43.5 cm³/mol. The first-order valence-corrected chi connectivity index (χ1v) is 4.23. The van der Waals surface area contributed by atoms with Crippen molar-refractivity contribution in [1.82, 2.24) is 4.98 Å². The Labute approximate surface area is 73.2 Å². The highest BCUT2D eigenvalue weighted by molar-refractivity contribution is 7.11. The Morgan fingerprint density at radius 2 is 2.58 bits per heavy atom. The maximum atomic E-state index is 11.0. The van der Waals surface area contributed by atoms with E-state index in [1.165, 1.54) is 5.38 Å². The summed E-state index contributed by atoms with van der Waals surface area (Å²) in [7, 11) is 0. The summed E-state index contributed by atoms with van der Waals surface area (Å²) in [5, 5.41) is 1.73. The SMILES string of the molecule is CCOC(=O)c1nc(C=O)cs1. The van der Waals surface area contributed by atoms with Gasteiger partial charge >= 0.3 is 5.97 Å². The molecule has 0 amide bonds. The van der Waals surface area contributed by atoms with Gasteiger partial charge in [-0.25, -0.2) is 9.78 Å². The Hall–Kier alpha value is -1.23. The van der Waals surface area contributed by atoms with Crippen molar-refractivity contribution < 1.29 is 14.3 Å². The molecule has 0 fully saturated rings. The van der Waals surface area contributed by atoms with E-state index < -0.39 is 5.97 Å². The average Bonchev–Trinajstić information content (AvgIpc) is 2.52. The summed E-state index contributed by atoms with van der Waals surface area (Å²) in [6.45, 7) is 2.03. The molecule has 0 N–H and O–H groups in total. The molecule has 0 aliphatic carbocycles. The van der Waals surface area contributed by atoms with E-state index in [0.29, 0.717) is 12.9 Å². The second kappa shape index (κ2) is 3.96. The van der Waals surface area contributed by atoms with Crippen molar-refractivity contribution in [3.05, 3.63) is 16.1 Å².